The normalized spacial score (nSPS) is 10.9. The number of benzene rings is 2. The Morgan fingerprint density at radius 2 is 1.52 bits per heavy atom. The van der Waals surface area contributed by atoms with Crippen molar-refractivity contribution in [3.05, 3.63) is 90.0 Å². The summed E-state index contributed by atoms with van der Waals surface area (Å²) in [6, 6.07) is 21.6. The maximum absolute atomic E-state index is 2.45. The number of nitrogens with zero attached hydrogens (tertiary/aromatic N) is 2. The van der Waals surface area contributed by atoms with Crippen molar-refractivity contribution in [2.24, 2.45) is 0 Å². The lowest BCUT2D eigenvalue weighted by molar-refractivity contribution is -0.703. The van der Waals surface area contributed by atoms with Gasteiger partial charge in [0, 0.05) is 0 Å². The number of aryl methyl sites for hydroxylation is 3. The summed E-state index contributed by atoms with van der Waals surface area (Å²) in [5.74, 6) is 1.42. The molecule has 0 spiro atoms. The summed E-state index contributed by atoms with van der Waals surface area (Å²) >= 11 is 0. The van der Waals surface area contributed by atoms with Crippen LogP contribution in [-0.2, 0) is 25.9 Å². The Balaban J connectivity index is 1.70. The lowest BCUT2D eigenvalue weighted by Crippen LogP contribution is -2.37. The monoisotopic (exact) mass is 333 g/mol. The summed E-state index contributed by atoms with van der Waals surface area (Å²) in [5, 5.41) is 0. The third-order valence-corrected chi connectivity index (χ3v) is 4.75. The van der Waals surface area contributed by atoms with Crippen LogP contribution in [0.2, 0.25) is 0 Å². The summed E-state index contributed by atoms with van der Waals surface area (Å²) in [7, 11) is 0. The van der Waals surface area contributed by atoms with Crippen molar-refractivity contribution in [3.63, 3.8) is 0 Å². The minimum Gasteiger partial charge on any atom is -0.234 e. The van der Waals surface area contributed by atoms with Gasteiger partial charge in [0.15, 0.2) is 0 Å². The molecule has 0 aliphatic rings. The van der Waals surface area contributed by atoms with Gasteiger partial charge in [-0.05, 0) is 30.4 Å². The van der Waals surface area contributed by atoms with Gasteiger partial charge in [0.2, 0.25) is 0 Å². The average Bonchev–Trinajstić information content (AvgIpc) is 3.03. The predicted molar refractivity (Wildman–Crippen MR) is 104 cm³/mol. The number of hydrogen-bond donors (Lipinski definition) is 0. The zero-order valence-electron chi connectivity index (χ0n) is 15.3. The molecule has 0 atom stereocenters. The van der Waals surface area contributed by atoms with Gasteiger partial charge in [0.05, 0.1) is 19.5 Å². The highest BCUT2D eigenvalue weighted by molar-refractivity contribution is 5.18. The van der Waals surface area contributed by atoms with Crippen molar-refractivity contribution in [3.8, 4) is 0 Å². The van der Waals surface area contributed by atoms with E-state index in [0.29, 0.717) is 0 Å². The number of imidazole rings is 1. The van der Waals surface area contributed by atoms with Gasteiger partial charge in [-0.1, -0.05) is 74.0 Å². The standard InChI is InChI=1S/C23H29N2/c1-2-3-16-24-18-19-25(17-10-15-21-11-6-4-7-12-21)23(24)20-22-13-8-5-9-14-22/h4-9,11-14,18-19H,2-3,10,15-17,20H2,1H3/q+1. The molecule has 0 unspecified atom stereocenters. The van der Waals surface area contributed by atoms with Crippen LogP contribution in [0.5, 0.6) is 0 Å². The molecule has 3 aromatic rings. The molecule has 0 N–H and O–H groups in total. The Labute approximate surface area is 151 Å². The van der Waals surface area contributed by atoms with Crippen LogP contribution < -0.4 is 4.57 Å². The largest absolute Gasteiger partial charge is 0.260 e. The van der Waals surface area contributed by atoms with Crippen LogP contribution >= 0.6 is 0 Å². The van der Waals surface area contributed by atoms with E-state index >= 15 is 0 Å². The second-order valence-electron chi connectivity index (χ2n) is 6.71. The molecule has 0 fully saturated rings. The molecular weight excluding hydrogens is 304 g/mol. The average molecular weight is 333 g/mol. The molecule has 0 amide bonds. The molecular formula is C23H29N2+. The van der Waals surface area contributed by atoms with Gasteiger partial charge in [-0.3, -0.25) is 0 Å². The van der Waals surface area contributed by atoms with Crippen LogP contribution in [0.15, 0.2) is 73.1 Å². The van der Waals surface area contributed by atoms with E-state index in [1.165, 1.54) is 36.2 Å². The SMILES string of the molecule is CCCCn1cc[n+](CCCc2ccccc2)c1Cc1ccccc1. The molecule has 2 aromatic carbocycles. The van der Waals surface area contributed by atoms with E-state index < -0.39 is 0 Å². The first-order chi connectivity index (χ1) is 12.4. The minimum atomic E-state index is 1.00. The van der Waals surface area contributed by atoms with E-state index in [0.717, 1.165) is 25.9 Å². The highest BCUT2D eigenvalue weighted by Crippen LogP contribution is 2.09. The molecule has 0 radical (unpaired) electrons. The molecule has 130 valence electrons. The molecule has 0 saturated heterocycles. The van der Waals surface area contributed by atoms with E-state index in [1.807, 2.05) is 0 Å². The fraction of sp³-hybridized carbons (Fsp3) is 0.348. The maximum Gasteiger partial charge on any atom is 0.260 e. The summed E-state index contributed by atoms with van der Waals surface area (Å²) in [6.45, 7) is 4.45. The molecule has 0 aliphatic carbocycles. The molecule has 0 saturated carbocycles. The zero-order valence-corrected chi connectivity index (χ0v) is 15.3. The molecule has 2 heteroatoms. The first-order valence-electron chi connectivity index (χ1n) is 9.52. The van der Waals surface area contributed by atoms with Crippen LogP contribution in [0, 0.1) is 0 Å². The van der Waals surface area contributed by atoms with Crippen LogP contribution in [0.3, 0.4) is 0 Å². The van der Waals surface area contributed by atoms with Gasteiger partial charge in [0.1, 0.15) is 12.4 Å². The molecule has 1 heterocycles. The van der Waals surface area contributed by atoms with Crippen molar-refractivity contribution in [2.75, 3.05) is 0 Å². The van der Waals surface area contributed by atoms with Crippen molar-refractivity contribution >= 4 is 0 Å². The molecule has 0 aliphatic heterocycles. The lowest BCUT2D eigenvalue weighted by Gasteiger charge is -2.06. The molecule has 25 heavy (non-hydrogen) atoms. The Morgan fingerprint density at radius 1 is 0.840 bits per heavy atom. The van der Waals surface area contributed by atoms with E-state index in [4.69, 9.17) is 0 Å². The Morgan fingerprint density at radius 3 is 2.20 bits per heavy atom. The highest BCUT2D eigenvalue weighted by atomic mass is 15.1. The molecule has 3 rings (SSSR count). The second kappa shape index (κ2) is 9.22. The van der Waals surface area contributed by atoms with Gasteiger partial charge >= 0.3 is 0 Å². The predicted octanol–water partition coefficient (Wildman–Crippen LogP) is 4.80. The number of rotatable bonds is 9. The van der Waals surface area contributed by atoms with Crippen molar-refractivity contribution in [1.82, 2.24) is 4.57 Å². The first kappa shape index (κ1) is 17.5. The summed E-state index contributed by atoms with van der Waals surface area (Å²) < 4.78 is 4.89. The fourth-order valence-electron chi connectivity index (χ4n) is 3.31. The van der Waals surface area contributed by atoms with E-state index in [2.05, 4.69) is 89.1 Å². The van der Waals surface area contributed by atoms with Gasteiger partial charge in [0.25, 0.3) is 5.82 Å². The lowest BCUT2D eigenvalue weighted by atomic mass is 10.1. The van der Waals surface area contributed by atoms with E-state index in [-0.39, 0.29) is 0 Å². The van der Waals surface area contributed by atoms with Gasteiger partial charge in [-0.2, -0.15) is 0 Å². The fourth-order valence-corrected chi connectivity index (χ4v) is 3.31. The number of aromatic nitrogens is 2. The van der Waals surface area contributed by atoms with Gasteiger partial charge in [-0.25, -0.2) is 9.13 Å². The van der Waals surface area contributed by atoms with Crippen molar-refractivity contribution in [2.45, 2.75) is 52.1 Å². The summed E-state index contributed by atoms with van der Waals surface area (Å²) in [4.78, 5) is 0. The highest BCUT2D eigenvalue weighted by Gasteiger charge is 2.17. The minimum absolute atomic E-state index is 1.00. The molecule has 0 bridgehead atoms. The maximum atomic E-state index is 2.45. The van der Waals surface area contributed by atoms with Crippen LogP contribution in [-0.4, -0.2) is 4.57 Å². The third-order valence-electron chi connectivity index (χ3n) is 4.75. The van der Waals surface area contributed by atoms with Crippen LogP contribution in [0.1, 0.15) is 43.1 Å². The Hall–Kier alpha value is -2.35. The summed E-state index contributed by atoms with van der Waals surface area (Å²) in [5.41, 5.74) is 2.81. The molecule has 1 aromatic heterocycles. The topological polar surface area (TPSA) is 8.81 Å². The first-order valence-corrected chi connectivity index (χ1v) is 9.52. The number of hydrogen-bond acceptors (Lipinski definition) is 0. The van der Waals surface area contributed by atoms with Gasteiger partial charge < -0.3 is 0 Å². The summed E-state index contributed by atoms with van der Waals surface area (Å²) in [6.07, 6.45) is 10.3. The number of unbranched alkanes of at least 4 members (excludes halogenated alkanes) is 1. The van der Waals surface area contributed by atoms with E-state index in [9.17, 15) is 0 Å². The Bertz CT molecular complexity index is 744. The van der Waals surface area contributed by atoms with Gasteiger partial charge in [-0.15, -0.1) is 0 Å². The van der Waals surface area contributed by atoms with Crippen LogP contribution in [0.25, 0.3) is 0 Å². The van der Waals surface area contributed by atoms with Crippen molar-refractivity contribution < 1.29 is 4.57 Å². The Kier molecular flexibility index (Phi) is 6.44. The van der Waals surface area contributed by atoms with Crippen LogP contribution in [0.4, 0.5) is 0 Å². The zero-order chi connectivity index (χ0) is 17.3. The third kappa shape index (κ3) is 5.06. The quantitative estimate of drug-likeness (QED) is 0.497. The van der Waals surface area contributed by atoms with E-state index in [1.54, 1.807) is 0 Å². The second-order valence-corrected chi connectivity index (χ2v) is 6.71. The molecule has 2 nitrogen and oxygen atoms in total. The van der Waals surface area contributed by atoms with Crippen molar-refractivity contribution in [1.29, 1.82) is 0 Å². The smallest absolute Gasteiger partial charge is 0.234 e.